The number of hydrogen-bond donors (Lipinski definition) is 1. The summed E-state index contributed by atoms with van der Waals surface area (Å²) >= 11 is 12.3. The van der Waals surface area contributed by atoms with Crippen molar-refractivity contribution in [3.63, 3.8) is 0 Å². The van der Waals surface area contributed by atoms with Crippen LogP contribution in [0.1, 0.15) is 17.3 Å². The maximum absolute atomic E-state index is 13.3. The standard InChI is InChI=1S/C23H20Cl2N2O5S/c1-2-32-23(29)16-11-12-21(20(25)13-16)26-22(28)15-27(18-8-6-7-17(24)14-18)33(30,31)19-9-4-3-5-10-19/h3-14H,2,15H2,1H3,(H,26,28). The first-order valence-corrected chi connectivity index (χ1v) is 12.0. The van der Waals surface area contributed by atoms with Gasteiger partial charge in [-0.25, -0.2) is 13.2 Å². The Bertz CT molecular complexity index is 1270. The molecule has 1 amide bonds. The highest BCUT2D eigenvalue weighted by molar-refractivity contribution is 7.92. The van der Waals surface area contributed by atoms with Crippen molar-refractivity contribution in [3.8, 4) is 0 Å². The molecule has 7 nitrogen and oxygen atoms in total. The van der Waals surface area contributed by atoms with Crippen molar-refractivity contribution in [3.05, 3.63) is 88.4 Å². The molecular weight excluding hydrogens is 487 g/mol. The van der Waals surface area contributed by atoms with Crippen LogP contribution in [0.3, 0.4) is 0 Å². The number of carbonyl (C=O) groups excluding carboxylic acids is 2. The van der Waals surface area contributed by atoms with Gasteiger partial charge in [-0.15, -0.1) is 0 Å². The van der Waals surface area contributed by atoms with E-state index < -0.39 is 28.4 Å². The summed E-state index contributed by atoms with van der Waals surface area (Å²) in [4.78, 5) is 24.7. The Balaban J connectivity index is 1.88. The summed E-state index contributed by atoms with van der Waals surface area (Å²) < 4.78 is 32.5. The quantitative estimate of drug-likeness (QED) is 0.433. The van der Waals surface area contributed by atoms with Crippen molar-refractivity contribution in [2.45, 2.75) is 11.8 Å². The molecule has 0 aliphatic heterocycles. The first-order chi connectivity index (χ1) is 15.7. The summed E-state index contributed by atoms with van der Waals surface area (Å²) in [5.41, 5.74) is 0.676. The molecule has 3 aromatic rings. The molecule has 0 unspecified atom stereocenters. The number of rotatable bonds is 8. The number of benzene rings is 3. The molecule has 1 N–H and O–H groups in total. The molecule has 0 saturated heterocycles. The lowest BCUT2D eigenvalue weighted by molar-refractivity contribution is -0.114. The molecular formula is C23H20Cl2N2O5S. The summed E-state index contributed by atoms with van der Waals surface area (Å²) in [6, 6.07) is 18.2. The molecule has 0 aliphatic carbocycles. The van der Waals surface area contributed by atoms with Crippen LogP contribution in [0, 0.1) is 0 Å². The van der Waals surface area contributed by atoms with Crippen LogP contribution < -0.4 is 9.62 Å². The molecule has 0 fully saturated rings. The highest BCUT2D eigenvalue weighted by Gasteiger charge is 2.27. The second kappa shape index (κ2) is 10.7. The lowest BCUT2D eigenvalue weighted by atomic mass is 10.2. The summed E-state index contributed by atoms with van der Waals surface area (Å²) in [6.45, 7) is 1.36. The number of nitrogens with one attached hydrogen (secondary N) is 1. The van der Waals surface area contributed by atoms with Gasteiger partial charge in [-0.2, -0.15) is 0 Å². The minimum Gasteiger partial charge on any atom is -0.462 e. The molecule has 0 bridgehead atoms. The van der Waals surface area contributed by atoms with Crippen molar-refractivity contribution >= 4 is 56.5 Å². The third-order valence-corrected chi connectivity index (χ3v) is 6.80. The Labute approximate surface area is 201 Å². The van der Waals surface area contributed by atoms with E-state index in [9.17, 15) is 18.0 Å². The Kier molecular flexibility index (Phi) is 7.97. The van der Waals surface area contributed by atoms with Gasteiger partial charge in [0.2, 0.25) is 5.91 Å². The highest BCUT2D eigenvalue weighted by Crippen LogP contribution is 2.27. The molecule has 10 heteroatoms. The molecule has 0 aromatic heterocycles. The van der Waals surface area contributed by atoms with Gasteiger partial charge in [-0.3, -0.25) is 9.10 Å². The van der Waals surface area contributed by atoms with Crippen LogP contribution in [0.4, 0.5) is 11.4 Å². The van der Waals surface area contributed by atoms with Gasteiger partial charge in [0.15, 0.2) is 0 Å². The second-order valence-corrected chi connectivity index (χ2v) is 9.47. The normalized spacial score (nSPS) is 11.0. The van der Waals surface area contributed by atoms with Crippen molar-refractivity contribution < 1.29 is 22.7 Å². The molecule has 0 aliphatic rings. The van der Waals surface area contributed by atoms with E-state index in [1.54, 1.807) is 43.3 Å². The predicted octanol–water partition coefficient (Wildman–Crippen LogP) is 5.00. The van der Waals surface area contributed by atoms with Crippen LogP contribution in [0.2, 0.25) is 10.0 Å². The van der Waals surface area contributed by atoms with Crippen molar-refractivity contribution in [2.75, 3.05) is 22.8 Å². The molecule has 0 atom stereocenters. The lowest BCUT2D eigenvalue weighted by Crippen LogP contribution is -2.38. The first-order valence-electron chi connectivity index (χ1n) is 9.82. The van der Waals surface area contributed by atoms with Crippen molar-refractivity contribution in [1.82, 2.24) is 0 Å². The zero-order chi connectivity index (χ0) is 24.0. The van der Waals surface area contributed by atoms with Gasteiger partial charge in [0.05, 0.1) is 33.5 Å². The Morgan fingerprint density at radius 2 is 1.70 bits per heavy atom. The summed E-state index contributed by atoms with van der Waals surface area (Å²) in [5, 5.41) is 3.01. The predicted molar refractivity (Wildman–Crippen MR) is 128 cm³/mol. The number of nitrogens with zero attached hydrogens (tertiary/aromatic N) is 1. The summed E-state index contributed by atoms with van der Waals surface area (Å²) in [7, 11) is -4.07. The average Bonchev–Trinajstić information content (AvgIpc) is 2.79. The van der Waals surface area contributed by atoms with Crippen LogP contribution in [-0.2, 0) is 19.6 Å². The topological polar surface area (TPSA) is 92.8 Å². The van der Waals surface area contributed by atoms with Gasteiger partial charge in [-0.05, 0) is 55.5 Å². The zero-order valence-electron chi connectivity index (χ0n) is 17.5. The van der Waals surface area contributed by atoms with Gasteiger partial charge in [-0.1, -0.05) is 47.5 Å². The molecule has 3 aromatic carbocycles. The fourth-order valence-electron chi connectivity index (χ4n) is 2.94. The minimum absolute atomic E-state index is 0.0228. The van der Waals surface area contributed by atoms with E-state index >= 15 is 0 Å². The van der Waals surface area contributed by atoms with E-state index in [4.69, 9.17) is 27.9 Å². The number of sulfonamides is 1. The van der Waals surface area contributed by atoms with E-state index in [0.29, 0.717) is 5.02 Å². The molecule has 3 rings (SSSR count). The second-order valence-electron chi connectivity index (χ2n) is 6.77. The molecule has 0 saturated carbocycles. The lowest BCUT2D eigenvalue weighted by Gasteiger charge is -2.24. The number of hydrogen-bond acceptors (Lipinski definition) is 5. The number of esters is 1. The summed E-state index contributed by atoms with van der Waals surface area (Å²) in [5.74, 6) is -1.18. The monoisotopic (exact) mass is 506 g/mol. The SMILES string of the molecule is CCOC(=O)c1ccc(NC(=O)CN(c2cccc(Cl)c2)S(=O)(=O)c2ccccc2)c(Cl)c1. The fraction of sp³-hybridized carbons (Fsp3) is 0.130. The number of amides is 1. The Morgan fingerprint density at radius 1 is 0.970 bits per heavy atom. The van der Waals surface area contributed by atoms with Gasteiger partial charge in [0.25, 0.3) is 10.0 Å². The smallest absolute Gasteiger partial charge is 0.338 e. The van der Waals surface area contributed by atoms with Crippen LogP contribution in [0.5, 0.6) is 0 Å². The van der Waals surface area contributed by atoms with E-state index in [1.165, 1.54) is 36.4 Å². The number of carbonyl (C=O) groups is 2. The van der Waals surface area contributed by atoms with Crippen molar-refractivity contribution in [2.24, 2.45) is 0 Å². The van der Waals surface area contributed by atoms with Crippen LogP contribution in [0.15, 0.2) is 77.7 Å². The Morgan fingerprint density at radius 3 is 2.33 bits per heavy atom. The van der Waals surface area contributed by atoms with Gasteiger partial charge in [0.1, 0.15) is 6.54 Å². The maximum atomic E-state index is 13.3. The zero-order valence-corrected chi connectivity index (χ0v) is 19.8. The molecule has 0 spiro atoms. The van der Waals surface area contributed by atoms with Gasteiger partial charge in [0, 0.05) is 5.02 Å². The van der Waals surface area contributed by atoms with E-state index in [-0.39, 0.29) is 33.5 Å². The van der Waals surface area contributed by atoms with Gasteiger partial charge < -0.3 is 10.1 Å². The molecule has 172 valence electrons. The third kappa shape index (κ3) is 6.04. The molecule has 0 radical (unpaired) electrons. The fourth-order valence-corrected chi connectivity index (χ4v) is 4.79. The largest absolute Gasteiger partial charge is 0.462 e. The van der Waals surface area contributed by atoms with Crippen LogP contribution >= 0.6 is 23.2 Å². The maximum Gasteiger partial charge on any atom is 0.338 e. The number of halogens is 2. The van der Waals surface area contributed by atoms with Crippen LogP contribution in [-0.4, -0.2) is 33.4 Å². The first kappa shape index (κ1) is 24.6. The molecule has 33 heavy (non-hydrogen) atoms. The number of ether oxygens (including phenoxy) is 1. The van der Waals surface area contributed by atoms with Gasteiger partial charge >= 0.3 is 5.97 Å². The summed E-state index contributed by atoms with van der Waals surface area (Å²) in [6.07, 6.45) is 0. The average molecular weight is 507 g/mol. The van der Waals surface area contributed by atoms with E-state index in [2.05, 4.69) is 5.32 Å². The highest BCUT2D eigenvalue weighted by atomic mass is 35.5. The van der Waals surface area contributed by atoms with Crippen LogP contribution in [0.25, 0.3) is 0 Å². The van der Waals surface area contributed by atoms with E-state index in [0.717, 1.165) is 4.31 Å². The van der Waals surface area contributed by atoms with Crippen molar-refractivity contribution in [1.29, 1.82) is 0 Å². The third-order valence-electron chi connectivity index (χ3n) is 4.47. The minimum atomic E-state index is -4.07. The number of anilines is 2. The Hall–Kier alpha value is -3.07. The van der Waals surface area contributed by atoms with E-state index in [1.807, 2.05) is 0 Å². The molecule has 0 heterocycles.